The molecule has 110 valence electrons. The summed E-state index contributed by atoms with van der Waals surface area (Å²) in [5, 5.41) is 0. The normalized spacial score (nSPS) is 36.3. The van der Waals surface area contributed by atoms with Crippen molar-refractivity contribution in [1.82, 2.24) is 0 Å². The van der Waals surface area contributed by atoms with Crippen molar-refractivity contribution in [3.05, 3.63) is 23.8 Å². The average Bonchev–Trinajstić information content (AvgIpc) is 2.43. The van der Waals surface area contributed by atoms with Crippen molar-refractivity contribution in [1.29, 1.82) is 0 Å². The Hall–Kier alpha value is -1.22. The van der Waals surface area contributed by atoms with Crippen molar-refractivity contribution in [3.63, 3.8) is 0 Å². The van der Waals surface area contributed by atoms with Gasteiger partial charge < -0.3 is 15.2 Å². The number of nitrogens with two attached hydrogens (primary N) is 1. The second-order valence-corrected chi connectivity index (χ2v) is 6.70. The summed E-state index contributed by atoms with van der Waals surface area (Å²) in [6.07, 6.45) is 4.40. The molecule has 1 aliphatic carbocycles. The van der Waals surface area contributed by atoms with Crippen LogP contribution in [0, 0.1) is 11.8 Å². The number of benzene rings is 1. The summed E-state index contributed by atoms with van der Waals surface area (Å²) in [4.78, 5) is 0. The van der Waals surface area contributed by atoms with Crippen LogP contribution < -0.4 is 15.2 Å². The highest BCUT2D eigenvalue weighted by molar-refractivity contribution is 5.44. The van der Waals surface area contributed by atoms with Crippen molar-refractivity contribution in [2.45, 2.75) is 51.2 Å². The van der Waals surface area contributed by atoms with E-state index >= 15 is 0 Å². The molecule has 1 heterocycles. The minimum absolute atomic E-state index is 0.0487. The summed E-state index contributed by atoms with van der Waals surface area (Å²) in [6, 6.07) is 6.04. The Balaban J connectivity index is 1.89. The van der Waals surface area contributed by atoms with Gasteiger partial charge in [-0.3, -0.25) is 0 Å². The van der Waals surface area contributed by atoms with Crippen LogP contribution in [-0.4, -0.2) is 12.7 Å². The molecule has 2 aliphatic rings. The van der Waals surface area contributed by atoms with Crippen LogP contribution in [0.5, 0.6) is 11.5 Å². The SMILES string of the molecule is COc1ccc2c(c1)[C@@H](N)CC1(CCC(C)C(C)C1)O2. The van der Waals surface area contributed by atoms with E-state index in [-0.39, 0.29) is 11.6 Å². The number of ether oxygens (including phenoxy) is 2. The van der Waals surface area contributed by atoms with E-state index in [1.54, 1.807) is 7.11 Å². The highest BCUT2D eigenvalue weighted by Gasteiger charge is 2.44. The monoisotopic (exact) mass is 275 g/mol. The van der Waals surface area contributed by atoms with E-state index in [2.05, 4.69) is 13.8 Å². The molecule has 1 aliphatic heterocycles. The van der Waals surface area contributed by atoms with Crippen LogP contribution in [0.4, 0.5) is 0 Å². The molecule has 3 unspecified atom stereocenters. The number of hydrogen-bond donors (Lipinski definition) is 1. The predicted octanol–water partition coefficient (Wildman–Crippen LogP) is 3.67. The van der Waals surface area contributed by atoms with E-state index in [0.717, 1.165) is 42.2 Å². The first-order valence-electron chi connectivity index (χ1n) is 7.65. The number of hydrogen-bond acceptors (Lipinski definition) is 3. The minimum Gasteiger partial charge on any atom is -0.497 e. The van der Waals surface area contributed by atoms with E-state index in [1.807, 2.05) is 18.2 Å². The molecule has 1 aromatic carbocycles. The maximum Gasteiger partial charge on any atom is 0.125 e. The fourth-order valence-electron chi connectivity index (χ4n) is 3.77. The first-order chi connectivity index (χ1) is 9.53. The summed E-state index contributed by atoms with van der Waals surface area (Å²) in [5.74, 6) is 3.30. The zero-order valence-electron chi connectivity index (χ0n) is 12.7. The second kappa shape index (κ2) is 4.96. The Morgan fingerprint density at radius 2 is 2.05 bits per heavy atom. The first kappa shape index (κ1) is 13.7. The largest absolute Gasteiger partial charge is 0.497 e. The Bertz CT molecular complexity index is 502. The molecule has 1 saturated carbocycles. The Morgan fingerprint density at radius 1 is 1.25 bits per heavy atom. The van der Waals surface area contributed by atoms with Gasteiger partial charge in [0, 0.05) is 18.0 Å². The summed E-state index contributed by atoms with van der Waals surface area (Å²) in [6.45, 7) is 4.68. The standard InChI is InChI=1S/C17H25NO2/c1-11-6-7-17(9-12(11)2)10-15(18)14-8-13(19-3)4-5-16(14)20-17/h4-5,8,11-12,15H,6-7,9-10,18H2,1-3H3/t11?,12?,15-,17?/m0/s1. The fraction of sp³-hybridized carbons (Fsp3) is 0.647. The van der Waals surface area contributed by atoms with Gasteiger partial charge >= 0.3 is 0 Å². The summed E-state index contributed by atoms with van der Waals surface area (Å²) in [5.41, 5.74) is 7.46. The Morgan fingerprint density at radius 3 is 2.75 bits per heavy atom. The summed E-state index contributed by atoms with van der Waals surface area (Å²) < 4.78 is 11.7. The van der Waals surface area contributed by atoms with Crippen LogP contribution in [0.2, 0.25) is 0 Å². The van der Waals surface area contributed by atoms with Crippen molar-refractivity contribution < 1.29 is 9.47 Å². The lowest BCUT2D eigenvalue weighted by Crippen LogP contribution is -2.47. The third-order valence-electron chi connectivity index (χ3n) is 5.26. The molecule has 0 amide bonds. The van der Waals surface area contributed by atoms with Crippen LogP contribution in [-0.2, 0) is 0 Å². The molecular weight excluding hydrogens is 250 g/mol. The Kier molecular flexibility index (Phi) is 3.41. The molecule has 0 radical (unpaired) electrons. The van der Waals surface area contributed by atoms with Crippen LogP contribution in [0.1, 0.15) is 51.1 Å². The maximum atomic E-state index is 6.42. The zero-order chi connectivity index (χ0) is 14.3. The van der Waals surface area contributed by atoms with Gasteiger partial charge in [0.2, 0.25) is 0 Å². The molecule has 1 fully saturated rings. The quantitative estimate of drug-likeness (QED) is 0.850. The molecule has 1 spiro atoms. The minimum atomic E-state index is -0.0487. The van der Waals surface area contributed by atoms with Gasteiger partial charge in [-0.2, -0.15) is 0 Å². The predicted molar refractivity (Wildman–Crippen MR) is 80.1 cm³/mol. The van der Waals surface area contributed by atoms with E-state index in [0.29, 0.717) is 5.92 Å². The van der Waals surface area contributed by atoms with Gasteiger partial charge in [-0.15, -0.1) is 0 Å². The van der Waals surface area contributed by atoms with Crippen molar-refractivity contribution in [2.24, 2.45) is 17.6 Å². The molecule has 0 aromatic heterocycles. The number of fused-ring (bicyclic) bond motifs is 1. The van der Waals surface area contributed by atoms with E-state index in [1.165, 1.54) is 6.42 Å². The van der Waals surface area contributed by atoms with Crippen LogP contribution >= 0.6 is 0 Å². The van der Waals surface area contributed by atoms with Crippen molar-refractivity contribution >= 4 is 0 Å². The van der Waals surface area contributed by atoms with Gasteiger partial charge in [0.05, 0.1) is 7.11 Å². The Labute approximate surface area is 121 Å². The average molecular weight is 275 g/mol. The van der Waals surface area contributed by atoms with Gasteiger partial charge in [0.1, 0.15) is 17.1 Å². The summed E-state index contributed by atoms with van der Waals surface area (Å²) >= 11 is 0. The smallest absolute Gasteiger partial charge is 0.125 e. The molecule has 3 nitrogen and oxygen atoms in total. The van der Waals surface area contributed by atoms with Crippen molar-refractivity contribution in [2.75, 3.05) is 7.11 Å². The van der Waals surface area contributed by atoms with Gasteiger partial charge in [-0.25, -0.2) is 0 Å². The molecule has 20 heavy (non-hydrogen) atoms. The van der Waals surface area contributed by atoms with E-state index in [9.17, 15) is 0 Å². The van der Waals surface area contributed by atoms with Gasteiger partial charge in [-0.1, -0.05) is 13.8 Å². The van der Waals surface area contributed by atoms with Crippen molar-refractivity contribution in [3.8, 4) is 11.5 Å². The lowest BCUT2D eigenvalue weighted by atomic mass is 9.69. The topological polar surface area (TPSA) is 44.5 Å². The van der Waals surface area contributed by atoms with Gasteiger partial charge in [-0.05, 0) is 49.3 Å². The van der Waals surface area contributed by atoms with E-state index < -0.39 is 0 Å². The van der Waals surface area contributed by atoms with Gasteiger partial charge in [0.25, 0.3) is 0 Å². The van der Waals surface area contributed by atoms with E-state index in [4.69, 9.17) is 15.2 Å². The molecule has 0 saturated heterocycles. The van der Waals surface area contributed by atoms with Gasteiger partial charge in [0.15, 0.2) is 0 Å². The zero-order valence-corrected chi connectivity index (χ0v) is 12.7. The lowest BCUT2D eigenvalue weighted by molar-refractivity contribution is -0.0288. The molecule has 3 heteroatoms. The number of rotatable bonds is 1. The first-order valence-corrected chi connectivity index (χ1v) is 7.65. The second-order valence-electron chi connectivity index (χ2n) is 6.70. The summed E-state index contributed by atoms with van der Waals surface area (Å²) in [7, 11) is 1.68. The molecule has 2 N–H and O–H groups in total. The molecule has 1 aromatic rings. The highest BCUT2D eigenvalue weighted by atomic mass is 16.5. The lowest BCUT2D eigenvalue weighted by Gasteiger charge is -2.47. The third kappa shape index (κ3) is 2.28. The fourth-order valence-corrected chi connectivity index (χ4v) is 3.77. The molecular formula is C17H25NO2. The maximum absolute atomic E-state index is 6.42. The highest BCUT2D eigenvalue weighted by Crippen LogP contribution is 2.48. The molecule has 3 rings (SSSR count). The van der Waals surface area contributed by atoms with Crippen LogP contribution in [0.15, 0.2) is 18.2 Å². The molecule has 4 atom stereocenters. The van der Waals surface area contributed by atoms with Crippen LogP contribution in [0.3, 0.4) is 0 Å². The van der Waals surface area contributed by atoms with Crippen LogP contribution in [0.25, 0.3) is 0 Å². The number of methoxy groups -OCH3 is 1. The molecule has 0 bridgehead atoms. The third-order valence-corrected chi connectivity index (χ3v) is 5.26.